The number of hydrogen-bond acceptors (Lipinski definition) is 3. The first-order chi connectivity index (χ1) is 9.89. The lowest BCUT2D eigenvalue weighted by Gasteiger charge is -2.12. The maximum absolute atomic E-state index is 12.1. The molecular weight excluding hydrogens is 354 g/mol. The number of hydrogen-bond donors (Lipinski definition) is 0. The molecule has 2 rings (SSSR count). The Labute approximate surface area is 133 Å². The second kappa shape index (κ2) is 6.60. The van der Waals surface area contributed by atoms with Gasteiger partial charge in [0, 0.05) is 18.6 Å². The fraction of sp³-hybridized carbons (Fsp3) is 0.200. The molecule has 2 aromatic rings. The Bertz CT molecular complexity index is 729. The Balaban J connectivity index is 2.15. The summed E-state index contributed by atoms with van der Waals surface area (Å²) >= 11 is 3.38. The van der Waals surface area contributed by atoms with E-state index in [4.69, 9.17) is 4.74 Å². The molecule has 0 aliphatic rings. The zero-order valence-electron chi connectivity index (χ0n) is 11.8. The van der Waals surface area contributed by atoms with Crippen molar-refractivity contribution in [2.75, 3.05) is 14.1 Å². The predicted molar refractivity (Wildman–Crippen MR) is 85.8 cm³/mol. The molecule has 0 spiro atoms. The van der Waals surface area contributed by atoms with Crippen molar-refractivity contribution >= 4 is 26.0 Å². The van der Waals surface area contributed by atoms with Crippen molar-refractivity contribution in [2.45, 2.75) is 11.5 Å². The van der Waals surface area contributed by atoms with Crippen LogP contribution in [-0.4, -0.2) is 26.8 Å². The van der Waals surface area contributed by atoms with Crippen LogP contribution < -0.4 is 4.74 Å². The molecule has 0 heterocycles. The van der Waals surface area contributed by atoms with E-state index in [1.165, 1.54) is 18.4 Å². The van der Waals surface area contributed by atoms with Gasteiger partial charge in [-0.2, -0.15) is 0 Å². The summed E-state index contributed by atoms with van der Waals surface area (Å²) in [5, 5.41) is 0. The molecule has 21 heavy (non-hydrogen) atoms. The van der Waals surface area contributed by atoms with Crippen molar-refractivity contribution in [1.29, 1.82) is 0 Å². The molecule has 0 aliphatic heterocycles. The molecule has 0 atom stereocenters. The molecule has 0 aliphatic carbocycles. The van der Waals surface area contributed by atoms with E-state index < -0.39 is 10.0 Å². The first kappa shape index (κ1) is 16.0. The third kappa shape index (κ3) is 4.06. The molecule has 0 amide bonds. The van der Waals surface area contributed by atoms with Crippen molar-refractivity contribution in [3.05, 3.63) is 58.6 Å². The fourth-order valence-electron chi connectivity index (χ4n) is 1.73. The van der Waals surface area contributed by atoms with Crippen LogP contribution in [0.5, 0.6) is 5.75 Å². The van der Waals surface area contributed by atoms with Gasteiger partial charge in [0.15, 0.2) is 0 Å². The highest BCUT2D eigenvalue weighted by atomic mass is 79.9. The Morgan fingerprint density at radius 3 is 2.48 bits per heavy atom. The van der Waals surface area contributed by atoms with Crippen molar-refractivity contribution in [3.63, 3.8) is 0 Å². The summed E-state index contributed by atoms with van der Waals surface area (Å²) in [6.07, 6.45) is 0. The maximum Gasteiger partial charge on any atom is 0.242 e. The van der Waals surface area contributed by atoms with Gasteiger partial charge in [0.25, 0.3) is 0 Å². The van der Waals surface area contributed by atoms with E-state index in [-0.39, 0.29) is 4.90 Å². The van der Waals surface area contributed by atoms with Crippen LogP contribution in [0.15, 0.2) is 57.9 Å². The van der Waals surface area contributed by atoms with Crippen molar-refractivity contribution in [3.8, 4) is 5.75 Å². The average Bonchev–Trinajstić information content (AvgIpc) is 2.45. The third-order valence-electron chi connectivity index (χ3n) is 2.88. The van der Waals surface area contributed by atoms with Gasteiger partial charge in [0.1, 0.15) is 12.4 Å². The molecule has 0 radical (unpaired) electrons. The van der Waals surface area contributed by atoms with E-state index in [1.807, 2.05) is 30.3 Å². The molecule has 0 saturated heterocycles. The lowest BCUT2D eigenvalue weighted by molar-refractivity contribution is 0.305. The number of ether oxygens (including phenoxy) is 1. The summed E-state index contributed by atoms with van der Waals surface area (Å²) in [5.41, 5.74) is 0.804. The van der Waals surface area contributed by atoms with Crippen molar-refractivity contribution in [1.82, 2.24) is 4.31 Å². The largest absolute Gasteiger partial charge is 0.489 e. The van der Waals surface area contributed by atoms with Gasteiger partial charge in [0.05, 0.1) is 4.90 Å². The standard InChI is InChI=1S/C15H16BrNO3S/c1-17(2)21(18,19)15-8-3-5-12(9-15)11-20-14-7-4-6-13(16)10-14/h3-10H,11H2,1-2H3. The molecule has 0 aromatic heterocycles. The molecular formula is C15H16BrNO3S. The summed E-state index contributed by atoms with van der Waals surface area (Å²) in [4.78, 5) is 0.267. The van der Waals surface area contributed by atoms with E-state index >= 15 is 0 Å². The average molecular weight is 370 g/mol. The van der Waals surface area contributed by atoms with Crippen LogP contribution in [0.1, 0.15) is 5.56 Å². The predicted octanol–water partition coefficient (Wildman–Crippen LogP) is 3.28. The lowest BCUT2D eigenvalue weighted by atomic mass is 10.2. The topological polar surface area (TPSA) is 46.6 Å². The second-order valence-electron chi connectivity index (χ2n) is 4.68. The highest BCUT2D eigenvalue weighted by Gasteiger charge is 2.17. The fourth-order valence-corrected chi connectivity index (χ4v) is 3.08. The zero-order chi connectivity index (χ0) is 15.5. The Kier molecular flexibility index (Phi) is 5.03. The number of nitrogens with zero attached hydrogens (tertiary/aromatic N) is 1. The number of benzene rings is 2. The molecule has 0 N–H and O–H groups in total. The lowest BCUT2D eigenvalue weighted by Crippen LogP contribution is -2.22. The molecule has 0 bridgehead atoms. The zero-order valence-corrected chi connectivity index (χ0v) is 14.2. The highest BCUT2D eigenvalue weighted by Crippen LogP contribution is 2.20. The van der Waals surface area contributed by atoms with E-state index in [9.17, 15) is 8.42 Å². The summed E-state index contributed by atoms with van der Waals surface area (Å²) in [5.74, 6) is 0.727. The Morgan fingerprint density at radius 1 is 1.10 bits per heavy atom. The molecule has 0 unspecified atom stereocenters. The molecule has 0 fully saturated rings. The summed E-state index contributed by atoms with van der Waals surface area (Å²) in [6.45, 7) is 0.313. The minimum atomic E-state index is -3.42. The Hall–Kier alpha value is -1.37. The van der Waals surface area contributed by atoms with E-state index in [2.05, 4.69) is 15.9 Å². The molecule has 2 aromatic carbocycles. The monoisotopic (exact) mass is 369 g/mol. The minimum absolute atomic E-state index is 0.267. The Morgan fingerprint density at radius 2 is 1.81 bits per heavy atom. The van der Waals surface area contributed by atoms with E-state index in [0.29, 0.717) is 6.61 Å². The minimum Gasteiger partial charge on any atom is -0.489 e. The van der Waals surface area contributed by atoms with Crippen LogP contribution in [-0.2, 0) is 16.6 Å². The van der Waals surface area contributed by atoms with Crippen LogP contribution in [0.2, 0.25) is 0 Å². The smallest absolute Gasteiger partial charge is 0.242 e. The van der Waals surface area contributed by atoms with Crippen LogP contribution in [0.4, 0.5) is 0 Å². The van der Waals surface area contributed by atoms with Gasteiger partial charge >= 0.3 is 0 Å². The summed E-state index contributed by atoms with van der Waals surface area (Å²) in [7, 11) is -0.391. The quantitative estimate of drug-likeness (QED) is 0.812. The van der Waals surface area contributed by atoms with Gasteiger partial charge < -0.3 is 4.74 Å². The van der Waals surface area contributed by atoms with Crippen LogP contribution >= 0.6 is 15.9 Å². The SMILES string of the molecule is CN(C)S(=O)(=O)c1cccc(COc2cccc(Br)c2)c1. The van der Waals surface area contributed by atoms with E-state index in [0.717, 1.165) is 15.8 Å². The number of rotatable bonds is 5. The van der Waals surface area contributed by atoms with Crippen molar-refractivity contribution < 1.29 is 13.2 Å². The van der Waals surface area contributed by atoms with Gasteiger partial charge in [-0.25, -0.2) is 12.7 Å². The molecule has 6 heteroatoms. The van der Waals surface area contributed by atoms with Crippen LogP contribution in [0, 0.1) is 0 Å². The highest BCUT2D eigenvalue weighted by molar-refractivity contribution is 9.10. The number of halogens is 1. The molecule has 4 nitrogen and oxygen atoms in total. The maximum atomic E-state index is 12.1. The summed E-state index contributed by atoms with van der Waals surface area (Å²) in [6, 6.07) is 14.3. The van der Waals surface area contributed by atoms with Crippen LogP contribution in [0.3, 0.4) is 0 Å². The molecule has 112 valence electrons. The van der Waals surface area contributed by atoms with Crippen LogP contribution in [0.25, 0.3) is 0 Å². The second-order valence-corrected chi connectivity index (χ2v) is 7.75. The normalized spacial score (nSPS) is 11.6. The van der Waals surface area contributed by atoms with Gasteiger partial charge in [-0.3, -0.25) is 0 Å². The van der Waals surface area contributed by atoms with Gasteiger partial charge in [-0.1, -0.05) is 34.1 Å². The third-order valence-corrected chi connectivity index (χ3v) is 5.18. The molecule has 0 saturated carbocycles. The summed E-state index contributed by atoms with van der Waals surface area (Å²) < 4.78 is 32.0. The van der Waals surface area contributed by atoms with Gasteiger partial charge in [-0.15, -0.1) is 0 Å². The first-order valence-corrected chi connectivity index (χ1v) is 8.53. The van der Waals surface area contributed by atoms with E-state index in [1.54, 1.807) is 18.2 Å². The first-order valence-electron chi connectivity index (χ1n) is 6.29. The van der Waals surface area contributed by atoms with Gasteiger partial charge in [-0.05, 0) is 35.9 Å². The number of sulfonamides is 1. The van der Waals surface area contributed by atoms with Crippen molar-refractivity contribution in [2.24, 2.45) is 0 Å². The van der Waals surface area contributed by atoms with Gasteiger partial charge in [0.2, 0.25) is 10.0 Å².